The monoisotopic (exact) mass is 230 g/mol. The number of hydrogen-bond donors (Lipinski definition) is 0. The summed E-state index contributed by atoms with van der Waals surface area (Å²) in [6.45, 7) is 9.71. The minimum atomic E-state index is 0.918. The highest BCUT2D eigenvalue weighted by atomic mass is 15.1. The molecule has 0 unspecified atom stereocenters. The summed E-state index contributed by atoms with van der Waals surface area (Å²) in [7, 11) is 0. The van der Waals surface area contributed by atoms with Crippen molar-refractivity contribution in [2.45, 2.75) is 47.2 Å². The molecule has 2 nitrogen and oxygen atoms in total. The van der Waals surface area contributed by atoms with E-state index in [-0.39, 0.29) is 0 Å². The molecule has 2 heterocycles. The summed E-state index contributed by atoms with van der Waals surface area (Å²) in [5.74, 6) is 0. The first-order chi connectivity index (χ1) is 8.13. The zero-order valence-electron chi connectivity index (χ0n) is 11.3. The van der Waals surface area contributed by atoms with Crippen molar-refractivity contribution in [1.29, 1.82) is 0 Å². The average Bonchev–Trinajstić information content (AvgIpc) is 2.82. The summed E-state index contributed by atoms with van der Waals surface area (Å²) >= 11 is 0. The predicted molar refractivity (Wildman–Crippen MR) is 72.5 cm³/mol. The van der Waals surface area contributed by atoms with Crippen molar-refractivity contribution in [1.82, 2.24) is 9.13 Å². The highest BCUT2D eigenvalue weighted by Crippen LogP contribution is 2.13. The minimum absolute atomic E-state index is 0.918. The summed E-state index contributed by atoms with van der Waals surface area (Å²) in [6, 6.07) is 0. The summed E-state index contributed by atoms with van der Waals surface area (Å²) in [6.07, 6.45) is 11.2. The van der Waals surface area contributed by atoms with Gasteiger partial charge < -0.3 is 9.13 Å². The van der Waals surface area contributed by atoms with E-state index in [2.05, 4.69) is 61.6 Å². The topological polar surface area (TPSA) is 9.86 Å². The third kappa shape index (κ3) is 2.46. The standard InChI is InChI=1S/C15H22N2/c1-5-14-9-16(7-12(14)3)11-17-8-13(4)15(6-2)10-17/h7-10H,5-6,11H2,1-4H3. The molecule has 0 radical (unpaired) electrons. The van der Waals surface area contributed by atoms with Gasteiger partial charge in [-0.15, -0.1) is 0 Å². The van der Waals surface area contributed by atoms with Crippen LogP contribution in [0.5, 0.6) is 0 Å². The summed E-state index contributed by atoms with van der Waals surface area (Å²) in [5.41, 5.74) is 5.69. The quantitative estimate of drug-likeness (QED) is 0.760. The molecule has 0 saturated heterocycles. The van der Waals surface area contributed by atoms with Crippen molar-refractivity contribution >= 4 is 0 Å². The van der Waals surface area contributed by atoms with Gasteiger partial charge in [-0.25, -0.2) is 0 Å². The molecule has 0 aliphatic rings. The lowest BCUT2D eigenvalue weighted by Crippen LogP contribution is -2.03. The van der Waals surface area contributed by atoms with Crippen LogP contribution in [0.15, 0.2) is 24.8 Å². The van der Waals surface area contributed by atoms with Gasteiger partial charge in [0.1, 0.15) is 0 Å². The second-order valence-corrected chi connectivity index (χ2v) is 4.81. The third-order valence-corrected chi connectivity index (χ3v) is 3.46. The van der Waals surface area contributed by atoms with Crippen LogP contribution in [0.25, 0.3) is 0 Å². The third-order valence-electron chi connectivity index (χ3n) is 3.46. The van der Waals surface area contributed by atoms with Crippen LogP contribution >= 0.6 is 0 Å². The van der Waals surface area contributed by atoms with E-state index in [1.165, 1.54) is 22.3 Å². The molecule has 92 valence electrons. The van der Waals surface area contributed by atoms with Gasteiger partial charge >= 0.3 is 0 Å². The number of aryl methyl sites for hydroxylation is 4. The molecule has 0 saturated carbocycles. The maximum absolute atomic E-state index is 2.27. The molecule has 0 N–H and O–H groups in total. The number of nitrogens with zero attached hydrogens (tertiary/aromatic N) is 2. The Balaban J connectivity index is 2.19. The molecule has 17 heavy (non-hydrogen) atoms. The normalized spacial score (nSPS) is 11.1. The highest BCUT2D eigenvalue weighted by Gasteiger charge is 2.03. The Labute approximate surface area is 104 Å². The maximum atomic E-state index is 2.27. The minimum Gasteiger partial charge on any atom is -0.335 e. The molecular weight excluding hydrogens is 208 g/mol. The number of hydrogen-bond acceptors (Lipinski definition) is 0. The first-order valence-electron chi connectivity index (χ1n) is 6.44. The first-order valence-corrected chi connectivity index (χ1v) is 6.44. The van der Waals surface area contributed by atoms with Gasteiger partial charge in [-0.3, -0.25) is 0 Å². The van der Waals surface area contributed by atoms with Crippen LogP contribution in [0.4, 0.5) is 0 Å². The highest BCUT2D eigenvalue weighted by molar-refractivity contribution is 5.24. The molecular formula is C15H22N2. The predicted octanol–water partition coefficient (Wildman–Crippen LogP) is 3.54. The van der Waals surface area contributed by atoms with Crippen molar-refractivity contribution in [3.63, 3.8) is 0 Å². The largest absolute Gasteiger partial charge is 0.335 e. The molecule has 0 aromatic carbocycles. The van der Waals surface area contributed by atoms with Gasteiger partial charge in [-0.2, -0.15) is 0 Å². The van der Waals surface area contributed by atoms with Crippen molar-refractivity contribution in [3.8, 4) is 0 Å². The molecule has 0 spiro atoms. The fraction of sp³-hybridized carbons (Fsp3) is 0.467. The Morgan fingerprint density at radius 2 is 1.18 bits per heavy atom. The second kappa shape index (κ2) is 4.82. The molecule has 0 amide bonds. The lowest BCUT2D eigenvalue weighted by atomic mass is 10.2. The Morgan fingerprint density at radius 1 is 0.765 bits per heavy atom. The van der Waals surface area contributed by atoms with Crippen molar-refractivity contribution in [3.05, 3.63) is 47.0 Å². The summed E-state index contributed by atoms with van der Waals surface area (Å²) < 4.78 is 4.54. The van der Waals surface area contributed by atoms with Gasteiger partial charge in [0.2, 0.25) is 0 Å². The van der Waals surface area contributed by atoms with Crippen LogP contribution in [0.1, 0.15) is 36.1 Å². The second-order valence-electron chi connectivity index (χ2n) is 4.81. The van der Waals surface area contributed by atoms with Crippen LogP contribution in [-0.4, -0.2) is 9.13 Å². The first kappa shape index (κ1) is 12.0. The van der Waals surface area contributed by atoms with E-state index in [1.807, 2.05) is 0 Å². The maximum Gasteiger partial charge on any atom is 0.0977 e. The van der Waals surface area contributed by atoms with Crippen LogP contribution in [0.3, 0.4) is 0 Å². The van der Waals surface area contributed by atoms with E-state index in [0.717, 1.165) is 19.5 Å². The van der Waals surface area contributed by atoms with Crippen molar-refractivity contribution in [2.24, 2.45) is 0 Å². The van der Waals surface area contributed by atoms with E-state index in [0.29, 0.717) is 0 Å². The van der Waals surface area contributed by atoms with Gasteiger partial charge in [0, 0.05) is 24.8 Å². The van der Waals surface area contributed by atoms with Gasteiger partial charge in [-0.05, 0) is 48.9 Å². The van der Waals surface area contributed by atoms with Crippen molar-refractivity contribution in [2.75, 3.05) is 0 Å². The lowest BCUT2D eigenvalue weighted by molar-refractivity contribution is 0.610. The Bertz CT molecular complexity index is 457. The SMILES string of the molecule is CCc1cn(Cn2cc(C)c(CC)c2)cc1C. The molecule has 0 fully saturated rings. The Morgan fingerprint density at radius 3 is 1.47 bits per heavy atom. The van der Waals surface area contributed by atoms with Crippen LogP contribution < -0.4 is 0 Å². The Kier molecular flexibility index (Phi) is 3.41. The van der Waals surface area contributed by atoms with E-state index in [1.54, 1.807) is 0 Å². The van der Waals surface area contributed by atoms with Gasteiger partial charge in [-0.1, -0.05) is 13.8 Å². The van der Waals surface area contributed by atoms with Crippen molar-refractivity contribution < 1.29 is 0 Å². The molecule has 2 heteroatoms. The molecule has 2 aromatic rings. The molecule has 0 bridgehead atoms. The van der Waals surface area contributed by atoms with E-state index >= 15 is 0 Å². The summed E-state index contributed by atoms with van der Waals surface area (Å²) in [5, 5.41) is 0. The number of rotatable bonds is 4. The zero-order chi connectivity index (χ0) is 12.4. The number of aromatic nitrogens is 2. The van der Waals surface area contributed by atoms with E-state index in [4.69, 9.17) is 0 Å². The van der Waals surface area contributed by atoms with E-state index < -0.39 is 0 Å². The fourth-order valence-electron chi connectivity index (χ4n) is 2.43. The zero-order valence-corrected chi connectivity index (χ0v) is 11.3. The van der Waals surface area contributed by atoms with Crippen LogP contribution in [0, 0.1) is 13.8 Å². The molecule has 0 atom stereocenters. The van der Waals surface area contributed by atoms with Crippen LogP contribution in [0.2, 0.25) is 0 Å². The van der Waals surface area contributed by atoms with Gasteiger partial charge in [0.15, 0.2) is 0 Å². The molecule has 2 rings (SSSR count). The lowest BCUT2D eigenvalue weighted by Gasteiger charge is -2.04. The molecule has 2 aromatic heterocycles. The summed E-state index contributed by atoms with van der Waals surface area (Å²) in [4.78, 5) is 0. The van der Waals surface area contributed by atoms with Gasteiger partial charge in [0.25, 0.3) is 0 Å². The Hall–Kier alpha value is -1.44. The fourth-order valence-corrected chi connectivity index (χ4v) is 2.43. The van der Waals surface area contributed by atoms with Crippen LogP contribution in [-0.2, 0) is 19.5 Å². The molecule has 0 aliphatic heterocycles. The molecule has 0 aliphatic carbocycles. The van der Waals surface area contributed by atoms with Gasteiger partial charge in [0.05, 0.1) is 6.67 Å². The average molecular weight is 230 g/mol. The van der Waals surface area contributed by atoms with E-state index in [9.17, 15) is 0 Å². The smallest absolute Gasteiger partial charge is 0.0977 e.